The van der Waals surface area contributed by atoms with Crippen molar-refractivity contribution in [2.75, 3.05) is 18.8 Å². The van der Waals surface area contributed by atoms with Crippen LogP contribution in [-0.4, -0.2) is 19.0 Å². The third-order valence-electron chi connectivity index (χ3n) is 1.69. The monoisotopic (exact) mass is 197 g/mol. The largest absolute Gasteiger partial charge is 0.396 e. The van der Waals surface area contributed by atoms with Crippen molar-refractivity contribution in [1.82, 2.24) is 5.32 Å². The van der Waals surface area contributed by atoms with Gasteiger partial charge in [-0.25, -0.2) is 4.39 Å². The summed E-state index contributed by atoms with van der Waals surface area (Å²) in [4.78, 5) is 11.3. The van der Waals surface area contributed by atoms with Crippen molar-refractivity contribution in [3.63, 3.8) is 0 Å². The molecule has 14 heavy (non-hydrogen) atoms. The molecule has 0 aliphatic rings. The van der Waals surface area contributed by atoms with Crippen LogP contribution in [-0.2, 0) is 0 Å². The number of halogens is 1. The van der Waals surface area contributed by atoms with Crippen molar-refractivity contribution in [3.05, 3.63) is 29.6 Å². The number of nitrogen functional groups attached to an aromatic ring is 1. The summed E-state index contributed by atoms with van der Waals surface area (Å²) in [6.45, 7) is 0.749. The number of anilines is 1. The molecule has 0 unspecified atom stereocenters. The van der Waals surface area contributed by atoms with Gasteiger partial charge in [0.15, 0.2) is 0 Å². The van der Waals surface area contributed by atoms with Crippen LogP contribution in [0.3, 0.4) is 0 Å². The minimum absolute atomic E-state index is 0.0367. The topological polar surface area (TPSA) is 81.1 Å². The van der Waals surface area contributed by atoms with E-state index in [4.69, 9.17) is 11.5 Å². The standard InChI is InChI=1S/C9H12FN3O/c10-7-2-1-6(5-8(7)12)9(14)13-4-3-11/h1-2,5H,3-4,11-12H2,(H,13,14). The van der Waals surface area contributed by atoms with E-state index < -0.39 is 5.82 Å². The summed E-state index contributed by atoms with van der Waals surface area (Å²) in [5.41, 5.74) is 10.8. The Kier molecular flexibility index (Phi) is 3.41. The van der Waals surface area contributed by atoms with Crippen LogP contribution in [0.5, 0.6) is 0 Å². The zero-order chi connectivity index (χ0) is 10.6. The second kappa shape index (κ2) is 4.57. The van der Waals surface area contributed by atoms with Gasteiger partial charge in [-0.2, -0.15) is 0 Å². The van der Waals surface area contributed by atoms with Crippen molar-refractivity contribution in [3.8, 4) is 0 Å². The number of nitrogens with one attached hydrogen (secondary N) is 1. The molecule has 0 atom stereocenters. The number of rotatable bonds is 3. The first-order valence-electron chi connectivity index (χ1n) is 4.18. The molecule has 0 aromatic heterocycles. The lowest BCUT2D eigenvalue weighted by atomic mass is 10.2. The molecule has 0 spiro atoms. The van der Waals surface area contributed by atoms with E-state index in [1.807, 2.05) is 0 Å². The molecule has 0 aliphatic carbocycles. The van der Waals surface area contributed by atoms with E-state index in [0.717, 1.165) is 6.07 Å². The molecule has 0 saturated carbocycles. The van der Waals surface area contributed by atoms with Gasteiger partial charge in [0, 0.05) is 18.7 Å². The highest BCUT2D eigenvalue weighted by molar-refractivity contribution is 5.94. The Balaban J connectivity index is 2.76. The highest BCUT2D eigenvalue weighted by atomic mass is 19.1. The lowest BCUT2D eigenvalue weighted by Gasteiger charge is -2.04. The minimum Gasteiger partial charge on any atom is -0.396 e. The SMILES string of the molecule is NCCNC(=O)c1ccc(F)c(N)c1. The van der Waals surface area contributed by atoms with Gasteiger partial charge in [-0.1, -0.05) is 0 Å². The van der Waals surface area contributed by atoms with Gasteiger partial charge in [-0.15, -0.1) is 0 Å². The lowest BCUT2D eigenvalue weighted by Crippen LogP contribution is -2.29. The summed E-state index contributed by atoms with van der Waals surface area (Å²) in [6, 6.07) is 3.82. The Hall–Kier alpha value is -1.62. The molecule has 0 heterocycles. The Labute approximate surface area is 81.1 Å². The first kappa shape index (κ1) is 10.5. The Bertz CT molecular complexity index is 341. The molecule has 0 aliphatic heterocycles. The molecule has 5 N–H and O–H groups in total. The normalized spacial score (nSPS) is 9.86. The Morgan fingerprint density at radius 3 is 2.79 bits per heavy atom. The van der Waals surface area contributed by atoms with Gasteiger partial charge < -0.3 is 16.8 Å². The predicted molar refractivity (Wildman–Crippen MR) is 52.2 cm³/mol. The molecule has 0 bridgehead atoms. The van der Waals surface area contributed by atoms with Crippen LogP contribution in [0.4, 0.5) is 10.1 Å². The molecule has 0 radical (unpaired) electrons. The lowest BCUT2D eigenvalue weighted by molar-refractivity contribution is 0.0955. The second-order valence-corrected chi connectivity index (χ2v) is 2.78. The van der Waals surface area contributed by atoms with Crippen LogP contribution in [0.1, 0.15) is 10.4 Å². The minimum atomic E-state index is -0.527. The maximum Gasteiger partial charge on any atom is 0.251 e. The van der Waals surface area contributed by atoms with E-state index in [1.165, 1.54) is 12.1 Å². The first-order chi connectivity index (χ1) is 6.65. The summed E-state index contributed by atoms with van der Waals surface area (Å²) >= 11 is 0. The van der Waals surface area contributed by atoms with E-state index in [-0.39, 0.29) is 11.6 Å². The zero-order valence-electron chi connectivity index (χ0n) is 7.59. The molecule has 1 rings (SSSR count). The van der Waals surface area contributed by atoms with Gasteiger partial charge in [0.25, 0.3) is 5.91 Å². The van der Waals surface area contributed by atoms with Crippen molar-refractivity contribution >= 4 is 11.6 Å². The van der Waals surface area contributed by atoms with Crippen molar-refractivity contribution in [2.24, 2.45) is 5.73 Å². The summed E-state index contributed by atoms with van der Waals surface area (Å²) in [5, 5.41) is 2.55. The van der Waals surface area contributed by atoms with E-state index in [1.54, 1.807) is 0 Å². The number of carbonyl (C=O) groups is 1. The Morgan fingerprint density at radius 2 is 2.21 bits per heavy atom. The fourth-order valence-electron chi connectivity index (χ4n) is 0.973. The smallest absolute Gasteiger partial charge is 0.251 e. The fraction of sp³-hybridized carbons (Fsp3) is 0.222. The van der Waals surface area contributed by atoms with Gasteiger partial charge in [0.05, 0.1) is 5.69 Å². The van der Waals surface area contributed by atoms with Crippen LogP contribution in [0.25, 0.3) is 0 Å². The number of amides is 1. The van der Waals surface area contributed by atoms with Gasteiger partial charge in [-0.05, 0) is 18.2 Å². The molecule has 4 nitrogen and oxygen atoms in total. The quantitative estimate of drug-likeness (QED) is 0.601. The number of hydrogen-bond donors (Lipinski definition) is 3. The Morgan fingerprint density at radius 1 is 1.50 bits per heavy atom. The van der Waals surface area contributed by atoms with Crippen LogP contribution in [0.2, 0.25) is 0 Å². The maximum absolute atomic E-state index is 12.7. The molecule has 0 fully saturated rings. The van der Waals surface area contributed by atoms with E-state index >= 15 is 0 Å². The third kappa shape index (κ3) is 2.43. The zero-order valence-corrected chi connectivity index (χ0v) is 7.59. The number of carbonyl (C=O) groups excluding carboxylic acids is 1. The highest BCUT2D eigenvalue weighted by Crippen LogP contribution is 2.11. The molecule has 76 valence electrons. The van der Waals surface area contributed by atoms with Gasteiger partial charge in [-0.3, -0.25) is 4.79 Å². The summed E-state index contributed by atoms with van der Waals surface area (Å²) in [7, 11) is 0. The van der Waals surface area contributed by atoms with Crippen LogP contribution in [0.15, 0.2) is 18.2 Å². The number of benzene rings is 1. The van der Waals surface area contributed by atoms with E-state index in [9.17, 15) is 9.18 Å². The molecular weight excluding hydrogens is 185 g/mol. The van der Waals surface area contributed by atoms with Gasteiger partial charge in [0.2, 0.25) is 0 Å². The van der Waals surface area contributed by atoms with Crippen molar-refractivity contribution in [1.29, 1.82) is 0 Å². The predicted octanol–water partition coefficient (Wildman–Crippen LogP) is 0.0964. The first-order valence-corrected chi connectivity index (χ1v) is 4.18. The molecule has 0 saturated heterocycles. The van der Waals surface area contributed by atoms with Crippen LogP contribution < -0.4 is 16.8 Å². The average molecular weight is 197 g/mol. The highest BCUT2D eigenvalue weighted by Gasteiger charge is 2.06. The van der Waals surface area contributed by atoms with Crippen LogP contribution >= 0.6 is 0 Å². The van der Waals surface area contributed by atoms with Crippen LogP contribution in [0, 0.1) is 5.82 Å². The number of nitrogens with two attached hydrogens (primary N) is 2. The number of hydrogen-bond acceptors (Lipinski definition) is 3. The summed E-state index contributed by atoms with van der Waals surface area (Å²) in [6.07, 6.45) is 0. The average Bonchev–Trinajstić information content (AvgIpc) is 2.18. The molecule has 5 heteroatoms. The molecule has 1 aromatic carbocycles. The third-order valence-corrected chi connectivity index (χ3v) is 1.69. The van der Waals surface area contributed by atoms with Crippen molar-refractivity contribution in [2.45, 2.75) is 0 Å². The maximum atomic E-state index is 12.7. The fourth-order valence-corrected chi connectivity index (χ4v) is 0.973. The van der Waals surface area contributed by atoms with Gasteiger partial charge in [0.1, 0.15) is 5.82 Å². The molecular formula is C9H12FN3O. The van der Waals surface area contributed by atoms with Crippen molar-refractivity contribution < 1.29 is 9.18 Å². The summed E-state index contributed by atoms with van der Waals surface area (Å²) < 4.78 is 12.7. The van der Waals surface area contributed by atoms with Gasteiger partial charge >= 0.3 is 0 Å². The molecule has 1 aromatic rings. The van der Waals surface area contributed by atoms with E-state index in [2.05, 4.69) is 5.32 Å². The summed E-state index contributed by atoms with van der Waals surface area (Å²) in [5.74, 6) is -0.831. The van der Waals surface area contributed by atoms with E-state index in [0.29, 0.717) is 18.7 Å². The molecule has 1 amide bonds. The second-order valence-electron chi connectivity index (χ2n) is 2.78.